The van der Waals surface area contributed by atoms with Gasteiger partial charge in [0.05, 0.1) is 11.3 Å². The summed E-state index contributed by atoms with van der Waals surface area (Å²) in [7, 11) is -1.11. The van der Waals surface area contributed by atoms with Gasteiger partial charge in [-0.2, -0.15) is 0 Å². The van der Waals surface area contributed by atoms with Gasteiger partial charge in [0.15, 0.2) is 0 Å². The lowest BCUT2D eigenvalue weighted by Gasteiger charge is -2.38. The molecule has 1 atom stereocenters. The number of anilines is 2. The summed E-state index contributed by atoms with van der Waals surface area (Å²) in [5, 5.41) is 2.51. The molecular formula is C31H38F2N6O4S. The third-order valence-electron chi connectivity index (χ3n) is 7.35. The van der Waals surface area contributed by atoms with Crippen LogP contribution in [0.2, 0.25) is 0 Å². The molecule has 0 bridgehead atoms. The molecule has 3 amide bonds. The van der Waals surface area contributed by atoms with Crippen molar-refractivity contribution < 1.29 is 27.3 Å². The number of urea groups is 1. The molecular weight excluding hydrogens is 590 g/mol. The zero-order valence-electron chi connectivity index (χ0n) is 24.9. The van der Waals surface area contributed by atoms with E-state index >= 15 is 0 Å². The van der Waals surface area contributed by atoms with Crippen LogP contribution in [-0.4, -0.2) is 62.4 Å². The van der Waals surface area contributed by atoms with E-state index in [0.29, 0.717) is 36.5 Å². The third kappa shape index (κ3) is 8.96. The number of nitrogens with two attached hydrogens (primary N) is 1. The Bertz CT molecular complexity index is 1450. The first-order chi connectivity index (χ1) is 21.2. The van der Waals surface area contributed by atoms with Crippen LogP contribution >= 0.6 is 0 Å². The van der Waals surface area contributed by atoms with Gasteiger partial charge in [0, 0.05) is 62.0 Å². The van der Waals surface area contributed by atoms with Crippen LogP contribution < -0.4 is 20.5 Å². The molecule has 0 spiro atoms. The lowest BCUT2D eigenvalue weighted by atomic mass is 10.0. The van der Waals surface area contributed by atoms with Crippen molar-refractivity contribution in [3.05, 3.63) is 77.5 Å². The summed E-state index contributed by atoms with van der Waals surface area (Å²) in [6.45, 7) is 6.54. The Morgan fingerprint density at radius 1 is 1.09 bits per heavy atom. The maximum Gasteiger partial charge on any atom is 0.322 e. The minimum absolute atomic E-state index is 0.0608. The molecule has 1 unspecified atom stereocenters. The number of primary amides is 1. The Morgan fingerprint density at radius 2 is 1.82 bits per heavy atom. The molecule has 0 aliphatic carbocycles. The minimum Gasteiger partial charge on any atom is -0.439 e. The molecule has 236 valence electrons. The summed E-state index contributed by atoms with van der Waals surface area (Å²) >= 11 is 0. The summed E-state index contributed by atoms with van der Waals surface area (Å²) in [6.07, 6.45) is 4.87. The number of piperidine rings is 1. The normalized spacial score (nSPS) is 14.5. The summed E-state index contributed by atoms with van der Waals surface area (Å²) < 4.78 is 48.7. The zero-order chi connectivity index (χ0) is 31.6. The molecule has 1 aliphatic rings. The summed E-state index contributed by atoms with van der Waals surface area (Å²) in [6, 6.07) is 11.9. The minimum atomic E-state index is -1.11. The molecule has 4 N–H and O–H groups in total. The number of hydrogen-bond donors (Lipinski definition) is 3. The zero-order valence-corrected chi connectivity index (χ0v) is 25.7. The van der Waals surface area contributed by atoms with Crippen LogP contribution in [0.25, 0.3) is 0 Å². The maximum atomic E-state index is 14.4. The average molecular weight is 629 g/mol. The molecule has 0 radical (unpaired) electrons. The van der Waals surface area contributed by atoms with E-state index in [1.165, 1.54) is 0 Å². The lowest BCUT2D eigenvalue weighted by molar-refractivity contribution is 0.0996. The number of halogens is 2. The SMILES string of the molecule is CCCCN(C(=O)Nc1cc(C(N)=O)c(F)cc1F)C1CCN(Cc2ccc(Oc3ccc(NS(=O)CC)cc3)nc2)CC1. The van der Waals surface area contributed by atoms with Gasteiger partial charge in [-0.05, 0) is 55.2 Å². The number of carbonyl (C=O) groups is 2. The third-order valence-corrected chi connectivity index (χ3v) is 8.34. The first-order valence-corrected chi connectivity index (χ1v) is 15.9. The number of unbranched alkanes of at least 4 members (excludes halogenated alkanes) is 1. The van der Waals surface area contributed by atoms with E-state index in [4.69, 9.17) is 10.5 Å². The fourth-order valence-corrected chi connectivity index (χ4v) is 5.47. The quantitative estimate of drug-likeness (QED) is 0.225. The van der Waals surface area contributed by atoms with E-state index < -0.39 is 40.1 Å². The highest BCUT2D eigenvalue weighted by Gasteiger charge is 2.28. The fourth-order valence-electron chi connectivity index (χ4n) is 4.93. The Morgan fingerprint density at radius 3 is 2.43 bits per heavy atom. The molecule has 1 aliphatic heterocycles. The summed E-state index contributed by atoms with van der Waals surface area (Å²) in [5.74, 6) is -1.50. The number of benzene rings is 2. The van der Waals surface area contributed by atoms with Gasteiger partial charge < -0.3 is 25.4 Å². The monoisotopic (exact) mass is 628 g/mol. The largest absolute Gasteiger partial charge is 0.439 e. The molecule has 3 aromatic rings. The molecule has 1 saturated heterocycles. The van der Waals surface area contributed by atoms with Gasteiger partial charge >= 0.3 is 6.03 Å². The number of aromatic nitrogens is 1. The summed E-state index contributed by atoms with van der Waals surface area (Å²) in [4.78, 5) is 33.2. The van der Waals surface area contributed by atoms with E-state index in [0.717, 1.165) is 56.1 Å². The Labute approximate surface area is 258 Å². The van der Waals surface area contributed by atoms with Crippen molar-refractivity contribution in [1.29, 1.82) is 0 Å². The predicted octanol–water partition coefficient (Wildman–Crippen LogP) is 5.65. The highest BCUT2D eigenvalue weighted by Crippen LogP contribution is 2.25. The number of hydrogen-bond acceptors (Lipinski definition) is 6. The Hall–Kier alpha value is -4.10. The number of amides is 3. The van der Waals surface area contributed by atoms with Crippen LogP contribution in [0.3, 0.4) is 0 Å². The number of nitrogens with one attached hydrogen (secondary N) is 2. The van der Waals surface area contributed by atoms with Gasteiger partial charge in [-0.3, -0.25) is 9.69 Å². The number of ether oxygens (including phenoxy) is 1. The van der Waals surface area contributed by atoms with Crippen molar-refractivity contribution in [2.45, 2.75) is 52.1 Å². The second kappa shape index (κ2) is 15.6. The number of likely N-dealkylation sites (tertiary alicyclic amines) is 1. The first kappa shape index (κ1) is 32.8. The molecule has 2 heterocycles. The average Bonchev–Trinajstić information content (AvgIpc) is 3.01. The van der Waals surface area contributed by atoms with Crippen LogP contribution in [0.1, 0.15) is 55.5 Å². The van der Waals surface area contributed by atoms with Crippen molar-refractivity contribution in [3.8, 4) is 11.6 Å². The first-order valence-electron chi connectivity index (χ1n) is 14.6. The highest BCUT2D eigenvalue weighted by atomic mass is 32.2. The van der Waals surface area contributed by atoms with Gasteiger partial charge in [0.2, 0.25) is 5.88 Å². The summed E-state index contributed by atoms with van der Waals surface area (Å²) in [5.41, 5.74) is 6.18. The Kier molecular flexibility index (Phi) is 11.6. The predicted molar refractivity (Wildman–Crippen MR) is 167 cm³/mol. The molecule has 1 aromatic heterocycles. The number of rotatable bonds is 13. The molecule has 2 aromatic carbocycles. The van der Waals surface area contributed by atoms with Crippen LogP contribution in [0.4, 0.5) is 25.0 Å². The highest BCUT2D eigenvalue weighted by molar-refractivity contribution is 7.86. The van der Waals surface area contributed by atoms with Gasteiger partial charge in [-0.15, -0.1) is 0 Å². The number of pyridine rings is 1. The van der Waals surface area contributed by atoms with E-state index in [9.17, 15) is 22.6 Å². The van der Waals surface area contributed by atoms with E-state index in [1.54, 1.807) is 35.4 Å². The van der Waals surface area contributed by atoms with Crippen molar-refractivity contribution in [2.75, 3.05) is 35.4 Å². The number of nitrogens with zero attached hydrogens (tertiary/aromatic N) is 3. The number of carbonyl (C=O) groups excluding carboxylic acids is 2. The van der Waals surface area contributed by atoms with Crippen LogP contribution in [0, 0.1) is 11.6 Å². The maximum absolute atomic E-state index is 14.4. The van der Waals surface area contributed by atoms with Gasteiger partial charge in [-0.25, -0.2) is 22.8 Å². The molecule has 0 saturated carbocycles. The van der Waals surface area contributed by atoms with Crippen LogP contribution in [-0.2, 0) is 17.5 Å². The topological polar surface area (TPSA) is 130 Å². The molecule has 4 rings (SSSR count). The van der Waals surface area contributed by atoms with Gasteiger partial charge in [0.25, 0.3) is 5.91 Å². The molecule has 44 heavy (non-hydrogen) atoms. The van der Waals surface area contributed by atoms with Crippen LogP contribution in [0.15, 0.2) is 54.7 Å². The lowest BCUT2D eigenvalue weighted by Crippen LogP contribution is -2.49. The van der Waals surface area contributed by atoms with E-state index in [-0.39, 0.29) is 11.7 Å². The molecule has 1 fully saturated rings. The van der Waals surface area contributed by atoms with Gasteiger partial charge in [0.1, 0.15) is 28.4 Å². The second-order valence-electron chi connectivity index (χ2n) is 10.5. The van der Waals surface area contributed by atoms with E-state index in [2.05, 4.69) is 19.9 Å². The standard InChI is InChI=1S/C31H38F2N6O4S/c1-3-5-14-39(31(41)36-28-17-25(30(34)40)26(32)18-27(28)33)23-12-15-38(16-13-23)20-21-6-11-29(35-19-21)43-24-9-7-22(8-10-24)37-44(42)4-2/h6-11,17-19,23,37H,3-5,12-16,20H2,1-2H3,(H2,34,40)(H,36,41). The molecule has 10 nitrogen and oxygen atoms in total. The smallest absolute Gasteiger partial charge is 0.322 e. The molecule has 13 heteroatoms. The van der Waals surface area contributed by atoms with Crippen molar-refractivity contribution in [3.63, 3.8) is 0 Å². The Balaban J connectivity index is 1.31. The van der Waals surface area contributed by atoms with Gasteiger partial charge in [-0.1, -0.05) is 26.3 Å². The van der Waals surface area contributed by atoms with Crippen molar-refractivity contribution >= 4 is 34.3 Å². The van der Waals surface area contributed by atoms with Crippen LogP contribution in [0.5, 0.6) is 11.6 Å². The van der Waals surface area contributed by atoms with Crippen molar-refractivity contribution in [2.24, 2.45) is 5.73 Å². The fraction of sp³-hybridized carbons (Fsp3) is 0.387. The van der Waals surface area contributed by atoms with Crippen molar-refractivity contribution in [1.82, 2.24) is 14.8 Å². The van der Waals surface area contributed by atoms with E-state index in [1.807, 2.05) is 26.0 Å². The second-order valence-corrected chi connectivity index (χ2v) is 12.0.